The molecule has 5 heteroatoms. The number of ether oxygens (including phenoxy) is 1. The van der Waals surface area contributed by atoms with Gasteiger partial charge in [-0.05, 0) is 43.0 Å². The minimum absolute atomic E-state index is 0.0596. The number of aliphatic hydroxyl groups is 1. The number of aromatic nitrogens is 1. The van der Waals surface area contributed by atoms with Crippen molar-refractivity contribution in [2.24, 2.45) is 11.3 Å². The van der Waals surface area contributed by atoms with E-state index in [0.29, 0.717) is 6.61 Å². The maximum atomic E-state index is 10.3. The summed E-state index contributed by atoms with van der Waals surface area (Å²) in [5.74, 6) is 0.112. The lowest BCUT2D eigenvalue weighted by molar-refractivity contribution is 0.0538. The zero-order valence-corrected chi connectivity index (χ0v) is 16.2. The topological polar surface area (TPSA) is 51.6 Å². The van der Waals surface area contributed by atoms with Crippen LogP contribution in [-0.2, 0) is 9.16 Å². The molecule has 1 aliphatic rings. The van der Waals surface area contributed by atoms with Crippen LogP contribution in [0.5, 0.6) is 0 Å². The van der Waals surface area contributed by atoms with E-state index >= 15 is 0 Å². The van der Waals surface area contributed by atoms with E-state index in [1.165, 1.54) is 0 Å². The van der Waals surface area contributed by atoms with Gasteiger partial charge in [0, 0.05) is 24.4 Å². The fraction of sp³-hybridized carbons (Fsp3) is 0.722. The van der Waals surface area contributed by atoms with Gasteiger partial charge in [-0.3, -0.25) is 4.98 Å². The van der Waals surface area contributed by atoms with Crippen LogP contribution in [0.4, 0.5) is 0 Å². The number of aliphatic hydroxyl groups excluding tert-OH is 1. The SMILES string of the molecule is C[SiH](C)OC(CC[C@@H]1[C@@H](c2cccnc2)OC[C@@H]1O)C(C)(C)C. The maximum Gasteiger partial charge on any atom is 0.171 e. The number of rotatable bonds is 6. The molecule has 0 saturated carbocycles. The molecule has 1 aliphatic heterocycles. The van der Waals surface area contributed by atoms with E-state index in [-0.39, 0.29) is 23.5 Å². The second-order valence-corrected chi connectivity index (χ2v) is 10.3. The van der Waals surface area contributed by atoms with Gasteiger partial charge in [0.15, 0.2) is 9.04 Å². The van der Waals surface area contributed by atoms with Gasteiger partial charge in [-0.15, -0.1) is 0 Å². The zero-order chi connectivity index (χ0) is 17.0. The van der Waals surface area contributed by atoms with Crippen molar-refractivity contribution in [3.63, 3.8) is 0 Å². The first-order valence-corrected chi connectivity index (χ1v) is 11.4. The van der Waals surface area contributed by atoms with Crippen LogP contribution in [0.15, 0.2) is 24.5 Å². The highest BCUT2D eigenvalue weighted by Crippen LogP contribution is 2.39. The molecule has 1 fully saturated rings. The van der Waals surface area contributed by atoms with Crippen molar-refractivity contribution in [2.75, 3.05) is 6.61 Å². The monoisotopic (exact) mass is 337 g/mol. The average Bonchev–Trinajstić information content (AvgIpc) is 2.84. The molecule has 130 valence electrons. The Hall–Kier alpha value is -0.753. The van der Waals surface area contributed by atoms with E-state index in [9.17, 15) is 5.11 Å². The summed E-state index contributed by atoms with van der Waals surface area (Å²) in [5.41, 5.74) is 1.17. The minimum atomic E-state index is -1.09. The fourth-order valence-corrected chi connectivity index (χ4v) is 4.46. The van der Waals surface area contributed by atoms with Crippen LogP contribution in [0.3, 0.4) is 0 Å². The minimum Gasteiger partial charge on any atom is -0.417 e. The van der Waals surface area contributed by atoms with Crippen molar-refractivity contribution in [3.05, 3.63) is 30.1 Å². The molecule has 1 N–H and O–H groups in total. The molecular formula is C18H31NO3Si. The van der Waals surface area contributed by atoms with Gasteiger partial charge < -0.3 is 14.3 Å². The molecule has 0 aromatic carbocycles. The van der Waals surface area contributed by atoms with Gasteiger partial charge in [0.1, 0.15) is 0 Å². The van der Waals surface area contributed by atoms with Crippen LogP contribution in [-0.4, -0.2) is 37.9 Å². The van der Waals surface area contributed by atoms with Gasteiger partial charge in [0.2, 0.25) is 0 Å². The molecule has 2 rings (SSSR count). The van der Waals surface area contributed by atoms with Gasteiger partial charge in [-0.2, -0.15) is 0 Å². The van der Waals surface area contributed by atoms with Gasteiger partial charge in [-0.25, -0.2) is 0 Å². The first kappa shape index (κ1) is 18.6. The highest BCUT2D eigenvalue weighted by Gasteiger charge is 2.38. The Morgan fingerprint density at radius 3 is 2.74 bits per heavy atom. The van der Waals surface area contributed by atoms with Crippen molar-refractivity contribution < 1.29 is 14.3 Å². The Kier molecular flexibility index (Phi) is 6.37. The molecule has 4 atom stereocenters. The molecule has 4 nitrogen and oxygen atoms in total. The molecule has 2 heterocycles. The number of hydrogen-bond acceptors (Lipinski definition) is 4. The second kappa shape index (κ2) is 7.88. The van der Waals surface area contributed by atoms with E-state index in [4.69, 9.17) is 9.16 Å². The van der Waals surface area contributed by atoms with Crippen molar-refractivity contribution in [3.8, 4) is 0 Å². The first-order chi connectivity index (χ1) is 10.8. The van der Waals surface area contributed by atoms with Crippen LogP contribution in [0, 0.1) is 11.3 Å². The third kappa shape index (κ3) is 5.11. The summed E-state index contributed by atoms with van der Waals surface area (Å²) in [6.45, 7) is 11.5. The van der Waals surface area contributed by atoms with E-state index in [0.717, 1.165) is 18.4 Å². The van der Waals surface area contributed by atoms with Crippen molar-refractivity contribution in [2.45, 2.75) is 65.0 Å². The second-order valence-electron chi connectivity index (χ2n) is 7.89. The van der Waals surface area contributed by atoms with Gasteiger partial charge >= 0.3 is 0 Å². The van der Waals surface area contributed by atoms with Gasteiger partial charge in [0.05, 0.1) is 18.8 Å². The average molecular weight is 338 g/mol. The lowest BCUT2D eigenvalue weighted by atomic mass is 9.82. The fourth-order valence-electron chi connectivity index (χ4n) is 3.26. The molecule has 0 radical (unpaired) electrons. The summed E-state index contributed by atoms with van der Waals surface area (Å²) < 4.78 is 12.1. The Morgan fingerprint density at radius 2 is 2.17 bits per heavy atom. The van der Waals surface area contributed by atoms with Crippen LogP contribution in [0.2, 0.25) is 13.1 Å². The Bertz CT molecular complexity index is 475. The third-order valence-electron chi connectivity index (χ3n) is 4.51. The first-order valence-electron chi connectivity index (χ1n) is 8.64. The van der Waals surface area contributed by atoms with E-state index in [1.54, 1.807) is 6.20 Å². The zero-order valence-electron chi connectivity index (χ0n) is 15.0. The van der Waals surface area contributed by atoms with Gasteiger partial charge in [0.25, 0.3) is 0 Å². The third-order valence-corrected chi connectivity index (χ3v) is 5.38. The van der Waals surface area contributed by atoms with Crippen LogP contribution < -0.4 is 0 Å². The number of pyridine rings is 1. The summed E-state index contributed by atoms with van der Waals surface area (Å²) in [6.07, 6.45) is 5.24. The number of hydrogen-bond donors (Lipinski definition) is 1. The molecule has 0 spiro atoms. The van der Waals surface area contributed by atoms with Crippen LogP contribution in [0.1, 0.15) is 45.3 Å². The summed E-state index contributed by atoms with van der Waals surface area (Å²) in [6, 6.07) is 3.95. The van der Waals surface area contributed by atoms with Crippen molar-refractivity contribution in [1.29, 1.82) is 0 Å². The number of nitrogens with zero attached hydrogens (tertiary/aromatic N) is 1. The smallest absolute Gasteiger partial charge is 0.171 e. The van der Waals surface area contributed by atoms with E-state index in [1.807, 2.05) is 18.3 Å². The molecule has 0 aliphatic carbocycles. The van der Waals surface area contributed by atoms with E-state index in [2.05, 4.69) is 38.8 Å². The summed E-state index contributed by atoms with van der Waals surface area (Å²) in [4.78, 5) is 4.18. The summed E-state index contributed by atoms with van der Waals surface area (Å²) >= 11 is 0. The Balaban J connectivity index is 2.04. The summed E-state index contributed by atoms with van der Waals surface area (Å²) in [7, 11) is -1.09. The van der Waals surface area contributed by atoms with Crippen LogP contribution >= 0.6 is 0 Å². The molecule has 1 aromatic rings. The lowest BCUT2D eigenvalue weighted by Crippen LogP contribution is -2.34. The molecular weight excluding hydrogens is 306 g/mol. The van der Waals surface area contributed by atoms with E-state index < -0.39 is 15.1 Å². The highest BCUT2D eigenvalue weighted by molar-refractivity contribution is 6.48. The van der Waals surface area contributed by atoms with Crippen molar-refractivity contribution in [1.82, 2.24) is 4.98 Å². The van der Waals surface area contributed by atoms with Crippen molar-refractivity contribution >= 4 is 9.04 Å². The molecule has 1 saturated heterocycles. The largest absolute Gasteiger partial charge is 0.417 e. The summed E-state index contributed by atoms with van der Waals surface area (Å²) in [5, 5.41) is 10.3. The quantitative estimate of drug-likeness (QED) is 0.809. The van der Waals surface area contributed by atoms with Gasteiger partial charge in [-0.1, -0.05) is 26.8 Å². The Morgan fingerprint density at radius 1 is 1.43 bits per heavy atom. The molecule has 23 heavy (non-hydrogen) atoms. The normalized spacial score (nSPS) is 26.7. The standard InChI is InChI=1S/C18H31NO3Si/c1-18(2,3)16(22-23(4)5)9-8-14-15(20)12-21-17(14)13-7-6-10-19-11-13/h6-7,10-11,14-17,20,23H,8-9,12H2,1-5H3/t14-,15-,16?,17+/m0/s1. The van der Waals surface area contributed by atoms with Crippen LogP contribution in [0.25, 0.3) is 0 Å². The highest BCUT2D eigenvalue weighted by atomic mass is 28.3. The molecule has 0 amide bonds. The Labute approximate surface area is 142 Å². The molecule has 1 unspecified atom stereocenters. The molecule has 1 aromatic heterocycles. The molecule has 0 bridgehead atoms. The maximum absolute atomic E-state index is 10.3. The predicted molar refractivity (Wildman–Crippen MR) is 94.9 cm³/mol. The predicted octanol–water partition coefficient (Wildman–Crippen LogP) is 3.32. The lowest BCUT2D eigenvalue weighted by Gasteiger charge is -2.34.